The highest BCUT2D eigenvalue weighted by atomic mass is 32.2. The van der Waals surface area contributed by atoms with E-state index in [1.165, 1.54) is 22.6 Å². The van der Waals surface area contributed by atoms with Crippen molar-refractivity contribution in [3.05, 3.63) is 71.9 Å². The second-order valence-corrected chi connectivity index (χ2v) is 8.12. The van der Waals surface area contributed by atoms with Gasteiger partial charge in [-0.05, 0) is 42.7 Å². The number of aromatic amines is 1. The number of para-hydroxylation sites is 1. The van der Waals surface area contributed by atoms with Crippen molar-refractivity contribution in [2.45, 2.75) is 17.7 Å². The zero-order valence-electron chi connectivity index (χ0n) is 14.4. The highest BCUT2D eigenvalue weighted by Gasteiger charge is 2.29. The minimum atomic E-state index is -3.76. The van der Waals surface area contributed by atoms with Crippen LogP contribution in [0.15, 0.2) is 65.7 Å². The molecule has 0 unspecified atom stereocenters. The van der Waals surface area contributed by atoms with E-state index in [2.05, 4.69) is 15.5 Å². The maximum Gasteiger partial charge on any atom is 0.264 e. The van der Waals surface area contributed by atoms with Gasteiger partial charge in [0.1, 0.15) is 5.82 Å². The van der Waals surface area contributed by atoms with Gasteiger partial charge in [-0.2, -0.15) is 5.10 Å². The molecule has 1 aliphatic rings. The second kappa shape index (κ2) is 6.88. The summed E-state index contributed by atoms with van der Waals surface area (Å²) in [5.41, 5.74) is 1.98. The van der Waals surface area contributed by atoms with Crippen molar-refractivity contribution in [2.75, 3.05) is 16.2 Å². The Hall–Kier alpha value is -3.13. The number of carbonyl (C=O) groups excluding carboxylic acids is 1. The van der Waals surface area contributed by atoms with Gasteiger partial charge < -0.3 is 5.32 Å². The fourth-order valence-corrected chi connectivity index (χ4v) is 4.78. The summed E-state index contributed by atoms with van der Waals surface area (Å²) < 4.78 is 27.9. The number of hydrogen-bond acceptors (Lipinski definition) is 4. The lowest BCUT2D eigenvalue weighted by molar-refractivity contribution is 0.102. The molecule has 3 aromatic rings. The Bertz CT molecular complexity index is 1080. The Morgan fingerprint density at radius 1 is 1.11 bits per heavy atom. The summed E-state index contributed by atoms with van der Waals surface area (Å²) in [4.78, 5) is 12.5. The molecule has 0 saturated carbocycles. The van der Waals surface area contributed by atoms with E-state index >= 15 is 0 Å². The lowest BCUT2D eigenvalue weighted by atomic mass is 10.0. The van der Waals surface area contributed by atoms with E-state index in [-0.39, 0.29) is 10.5 Å². The van der Waals surface area contributed by atoms with Gasteiger partial charge >= 0.3 is 0 Å². The van der Waals surface area contributed by atoms with Crippen molar-refractivity contribution in [1.29, 1.82) is 0 Å². The number of H-pyrrole nitrogens is 1. The van der Waals surface area contributed by atoms with Crippen LogP contribution in [0.5, 0.6) is 0 Å². The number of nitrogens with zero attached hydrogens (tertiary/aromatic N) is 2. The fourth-order valence-electron chi connectivity index (χ4n) is 3.19. The zero-order valence-corrected chi connectivity index (χ0v) is 15.2. The van der Waals surface area contributed by atoms with Gasteiger partial charge in [-0.1, -0.05) is 24.3 Å². The maximum absolute atomic E-state index is 13.2. The van der Waals surface area contributed by atoms with E-state index in [4.69, 9.17) is 0 Å². The van der Waals surface area contributed by atoms with Crippen LogP contribution in [0.1, 0.15) is 22.3 Å². The maximum atomic E-state index is 13.2. The predicted molar refractivity (Wildman–Crippen MR) is 102 cm³/mol. The predicted octanol–water partition coefficient (Wildman–Crippen LogP) is 2.80. The van der Waals surface area contributed by atoms with Crippen molar-refractivity contribution in [2.24, 2.45) is 0 Å². The molecule has 0 spiro atoms. The molecular weight excluding hydrogens is 364 g/mol. The number of anilines is 2. The van der Waals surface area contributed by atoms with Crippen LogP contribution in [0.4, 0.5) is 11.5 Å². The van der Waals surface area contributed by atoms with Gasteiger partial charge in [0.05, 0.1) is 16.8 Å². The molecular formula is C19H18N4O3S. The van der Waals surface area contributed by atoms with E-state index in [0.29, 0.717) is 18.1 Å². The number of carbonyl (C=O) groups is 1. The van der Waals surface area contributed by atoms with Crippen LogP contribution in [0.2, 0.25) is 0 Å². The Morgan fingerprint density at radius 2 is 1.96 bits per heavy atom. The molecule has 7 nitrogen and oxygen atoms in total. The molecule has 0 radical (unpaired) electrons. The molecule has 4 rings (SSSR count). The summed E-state index contributed by atoms with van der Waals surface area (Å²) >= 11 is 0. The lowest BCUT2D eigenvalue weighted by Crippen LogP contribution is -2.35. The molecule has 1 aliphatic heterocycles. The van der Waals surface area contributed by atoms with Crippen LogP contribution in [-0.4, -0.2) is 31.1 Å². The first-order valence-corrected chi connectivity index (χ1v) is 10.0. The van der Waals surface area contributed by atoms with Crippen molar-refractivity contribution >= 4 is 27.4 Å². The van der Waals surface area contributed by atoms with Crippen molar-refractivity contribution < 1.29 is 13.2 Å². The number of aryl methyl sites for hydroxylation is 1. The minimum absolute atomic E-state index is 0.0939. The molecule has 2 heterocycles. The molecule has 0 atom stereocenters. The minimum Gasteiger partial charge on any atom is -0.307 e. The Labute approximate surface area is 157 Å². The molecule has 0 fully saturated rings. The summed E-state index contributed by atoms with van der Waals surface area (Å²) in [5.74, 6) is 0.0357. The Balaban J connectivity index is 1.66. The number of fused-ring (bicyclic) bond motifs is 1. The number of hydrogen-bond donors (Lipinski definition) is 2. The average molecular weight is 382 g/mol. The van der Waals surface area contributed by atoms with Crippen molar-refractivity contribution in [3.8, 4) is 0 Å². The van der Waals surface area contributed by atoms with Crippen molar-refractivity contribution in [1.82, 2.24) is 10.2 Å². The van der Waals surface area contributed by atoms with E-state index in [1.807, 2.05) is 24.3 Å². The zero-order chi connectivity index (χ0) is 18.9. The summed E-state index contributed by atoms with van der Waals surface area (Å²) in [7, 11) is -3.76. The monoisotopic (exact) mass is 382 g/mol. The fraction of sp³-hybridized carbons (Fsp3) is 0.158. The van der Waals surface area contributed by atoms with Crippen LogP contribution in [-0.2, 0) is 16.4 Å². The van der Waals surface area contributed by atoms with Crippen LogP contribution in [0.25, 0.3) is 0 Å². The summed E-state index contributed by atoms with van der Waals surface area (Å²) in [5, 5.41) is 9.05. The summed E-state index contributed by atoms with van der Waals surface area (Å²) in [6.45, 7) is 0.421. The third kappa shape index (κ3) is 3.31. The van der Waals surface area contributed by atoms with Gasteiger partial charge in [-0.15, -0.1) is 0 Å². The van der Waals surface area contributed by atoms with E-state index < -0.39 is 15.9 Å². The van der Waals surface area contributed by atoms with Crippen LogP contribution in [0.3, 0.4) is 0 Å². The Morgan fingerprint density at radius 3 is 2.78 bits per heavy atom. The Kier molecular flexibility index (Phi) is 4.41. The second-order valence-electron chi connectivity index (χ2n) is 6.26. The smallest absolute Gasteiger partial charge is 0.264 e. The summed E-state index contributed by atoms with van der Waals surface area (Å²) in [6, 6.07) is 15.2. The molecule has 27 heavy (non-hydrogen) atoms. The SMILES string of the molecule is O=C(Nc1ccn[nH]1)c1cccc(S(=O)(=O)N2CCCc3ccccc32)c1. The highest BCUT2D eigenvalue weighted by molar-refractivity contribution is 7.92. The van der Waals surface area contributed by atoms with Gasteiger partial charge in [-0.25, -0.2) is 8.42 Å². The third-order valence-corrected chi connectivity index (χ3v) is 6.31. The van der Waals surface area contributed by atoms with Crippen LogP contribution in [0, 0.1) is 0 Å². The topological polar surface area (TPSA) is 95.2 Å². The molecule has 8 heteroatoms. The van der Waals surface area contributed by atoms with Gasteiger partial charge in [0, 0.05) is 18.2 Å². The molecule has 1 aromatic heterocycles. The molecule has 138 valence electrons. The molecule has 2 aromatic carbocycles. The average Bonchev–Trinajstić information content (AvgIpc) is 3.20. The molecule has 0 aliphatic carbocycles. The lowest BCUT2D eigenvalue weighted by Gasteiger charge is -2.30. The van der Waals surface area contributed by atoms with Gasteiger partial charge in [0.15, 0.2) is 0 Å². The number of rotatable bonds is 4. The number of nitrogens with one attached hydrogen (secondary N) is 2. The first-order chi connectivity index (χ1) is 13.1. The molecule has 0 bridgehead atoms. The molecule has 0 saturated heterocycles. The first-order valence-electron chi connectivity index (χ1n) is 8.57. The molecule has 2 N–H and O–H groups in total. The quantitative estimate of drug-likeness (QED) is 0.725. The van der Waals surface area contributed by atoms with Gasteiger partial charge in [0.25, 0.3) is 15.9 Å². The van der Waals surface area contributed by atoms with Crippen LogP contribution < -0.4 is 9.62 Å². The third-order valence-electron chi connectivity index (χ3n) is 4.50. The van der Waals surface area contributed by atoms with E-state index in [0.717, 1.165) is 18.4 Å². The standard InChI is InChI=1S/C19H18N4O3S/c24-19(21-18-10-11-20-22-18)15-6-3-8-16(13-15)27(25,26)23-12-4-7-14-5-1-2-9-17(14)23/h1-3,5-6,8-11,13H,4,7,12H2,(H2,20,21,22,24). The van der Waals surface area contributed by atoms with Crippen LogP contribution >= 0.6 is 0 Å². The van der Waals surface area contributed by atoms with E-state index in [9.17, 15) is 13.2 Å². The number of benzene rings is 2. The molecule has 1 amide bonds. The van der Waals surface area contributed by atoms with Gasteiger partial charge in [-0.3, -0.25) is 14.2 Å². The highest BCUT2D eigenvalue weighted by Crippen LogP contribution is 2.31. The normalized spacial score (nSPS) is 13.9. The first kappa shape index (κ1) is 17.3. The summed E-state index contributed by atoms with van der Waals surface area (Å²) in [6.07, 6.45) is 3.13. The van der Waals surface area contributed by atoms with E-state index in [1.54, 1.807) is 18.2 Å². The van der Waals surface area contributed by atoms with Gasteiger partial charge in [0.2, 0.25) is 0 Å². The largest absolute Gasteiger partial charge is 0.307 e. The van der Waals surface area contributed by atoms with Crippen molar-refractivity contribution in [3.63, 3.8) is 0 Å². The number of amides is 1. The number of aromatic nitrogens is 2. The number of sulfonamides is 1.